The third-order valence-electron chi connectivity index (χ3n) is 12.0. The molecule has 1 aromatic heterocycles. The van der Waals surface area contributed by atoms with E-state index in [1.54, 1.807) is 24.4 Å². The number of hydrogen-bond donors (Lipinski definition) is 4. The molecule has 6 rings (SSSR count). The van der Waals surface area contributed by atoms with Crippen LogP contribution in [0.1, 0.15) is 91.1 Å². The van der Waals surface area contributed by atoms with E-state index >= 15 is 0 Å². The van der Waals surface area contributed by atoms with E-state index in [2.05, 4.69) is 18.0 Å². The van der Waals surface area contributed by atoms with Crippen LogP contribution in [0.5, 0.6) is 0 Å². The van der Waals surface area contributed by atoms with Crippen LogP contribution in [0.4, 0.5) is 0 Å². The zero-order valence-electron chi connectivity index (χ0n) is 33.5. The highest BCUT2D eigenvalue weighted by Gasteiger charge is 2.62. The van der Waals surface area contributed by atoms with Gasteiger partial charge in [0.25, 0.3) is 0 Å². The Kier molecular flexibility index (Phi) is 12.8. The summed E-state index contributed by atoms with van der Waals surface area (Å²) in [6.07, 6.45) is 5.65. The van der Waals surface area contributed by atoms with Crippen LogP contribution in [0.25, 0.3) is 0 Å². The lowest BCUT2D eigenvalue weighted by molar-refractivity contribution is -0.383. The van der Waals surface area contributed by atoms with Crippen molar-refractivity contribution in [2.75, 3.05) is 13.2 Å². The molecule has 1 spiro atoms. The first-order valence-electron chi connectivity index (χ1n) is 20.0. The SMILES string of the molecule is C/C1=C/C[C@@H]2C[C@@H](C[C@]3(O2)O[C@H](C)[C@@H](C)[C@H](OC(=O)[C@@H](C)CC(C)C)[C@H]3O)OC(=O)[C@@H]2C=C(COC(=O)c3ccc[nH]3)[C@@H](O)[C@H]3OC/C(=C/C=C\[C@H](C)C1)[C@]32O. The van der Waals surface area contributed by atoms with Gasteiger partial charge in [-0.2, -0.15) is 0 Å². The van der Waals surface area contributed by atoms with Gasteiger partial charge in [-0.25, -0.2) is 4.79 Å². The Morgan fingerprint density at radius 3 is 2.59 bits per heavy atom. The molecule has 308 valence electrons. The third kappa shape index (κ3) is 8.63. The molecule has 5 aliphatic rings. The standard InChI is InChI=1S/C43H59NO12/c1-23(2)16-26(5)39(47)54-36-27(6)28(7)55-42(37(36)46)20-32-19-31(56-42)14-13-25(4)17-24(3)10-8-11-30-22-51-38-35(45)29(18-33(40(48)53-32)43(30,38)50)21-52-41(49)34-12-9-15-44-34/h8-13,15,18,23-24,26-28,31-33,35-38,44-46,50H,14,16-17,19-22H2,1-7H3/b10-8-,25-13-,30-11-/t24-,26-,27+,28+,31+,32-,33-,35+,36-,37+,38+,42+,43+/m0/s1. The molecule has 0 saturated carbocycles. The maximum absolute atomic E-state index is 14.5. The number of rotatable bonds is 7. The number of aliphatic hydroxyl groups excluding tert-OH is 2. The maximum atomic E-state index is 14.5. The summed E-state index contributed by atoms with van der Waals surface area (Å²) in [5.74, 6) is -5.30. The first-order chi connectivity index (χ1) is 26.5. The van der Waals surface area contributed by atoms with Gasteiger partial charge in [0, 0.05) is 25.0 Å². The van der Waals surface area contributed by atoms with Crippen molar-refractivity contribution in [3.63, 3.8) is 0 Å². The summed E-state index contributed by atoms with van der Waals surface area (Å²) in [4.78, 5) is 43.3. The summed E-state index contributed by atoms with van der Waals surface area (Å²) in [5.41, 5.74) is -0.108. The molecule has 1 aromatic rings. The number of allylic oxidation sites excluding steroid dienone is 4. The monoisotopic (exact) mass is 781 g/mol. The van der Waals surface area contributed by atoms with Crippen LogP contribution >= 0.6 is 0 Å². The fourth-order valence-corrected chi connectivity index (χ4v) is 8.88. The van der Waals surface area contributed by atoms with Gasteiger partial charge in [-0.1, -0.05) is 70.6 Å². The lowest BCUT2D eigenvalue weighted by atomic mass is 9.70. The highest BCUT2D eigenvalue weighted by atomic mass is 16.7. The average molecular weight is 782 g/mol. The molecule has 4 N–H and O–H groups in total. The summed E-state index contributed by atoms with van der Waals surface area (Å²) in [5, 5.41) is 36.1. The Morgan fingerprint density at radius 2 is 1.88 bits per heavy atom. The van der Waals surface area contributed by atoms with E-state index < -0.39 is 77.9 Å². The average Bonchev–Trinajstić information content (AvgIpc) is 3.80. The first kappa shape index (κ1) is 42.0. The van der Waals surface area contributed by atoms with Crippen LogP contribution in [0.15, 0.2) is 65.4 Å². The fourth-order valence-electron chi connectivity index (χ4n) is 8.88. The predicted octanol–water partition coefficient (Wildman–Crippen LogP) is 4.87. The summed E-state index contributed by atoms with van der Waals surface area (Å²) in [6, 6.07) is 3.20. The molecule has 0 unspecified atom stereocenters. The highest BCUT2D eigenvalue weighted by molar-refractivity contribution is 5.87. The van der Waals surface area contributed by atoms with Crippen molar-refractivity contribution in [2.45, 2.75) is 135 Å². The fraction of sp³-hybridized carbons (Fsp3) is 0.651. The number of esters is 3. The van der Waals surface area contributed by atoms with E-state index in [4.69, 9.17) is 28.4 Å². The number of carbonyl (C=O) groups excluding carboxylic acids is 3. The smallest absolute Gasteiger partial charge is 0.355 e. The Balaban J connectivity index is 1.35. The molecule has 13 atom stereocenters. The van der Waals surface area contributed by atoms with Gasteiger partial charge in [0.2, 0.25) is 5.79 Å². The van der Waals surface area contributed by atoms with Gasteiger partial charge in [0.15, 0.2) is 0 Å². The molecule has 0 radical (unpaired) electrons. The van der Waals surface area contributed by atoms with Gasteiger partial charge in [-0.3, -0.25) is 9.59 Å². The van der Waals surface area contributed by atoms with Gasteiger partial charge >= 0.3 is 17.9 Å². The van der Waals surface area contributed by atoms with E-state index in [-0.39, 0.29) is 61.0 Å². The number of aromatic amines is 1. The Labute approximate surface area is 329 Å². The van der Waals surface area contributed by atoms with Gasteiger partial charge < -0.3 is 48.7 Å². The van der Waals surface area contributed by atoms with Crippen molar-refractivity contribution in [2.24, 2.45) is 29.6 Å². The van der Waals surface area contributed by atoms with Gasteiger partial charge in [-0.15, -0.1) is 0 Å². The Hall–Kier alpha value is -3.59. The minimum absolute atomic E-state index is 0.0580. The minimum atomic E-state index is -2.00. The summed E-state index contributed by atoms with van der Waals surface area (Å²) < 4.78 is 37.0. The number of carbonyl (C=O) groups is 3. The second kappa shape index (κ2) is 17.1. The van der Waals surface area contributed by atoms with Crippen molar-refractivity contribution >= 4 is 17.9 Å². The quantitative estimate of drug-likeness (QED) is 0.168. The molecule has 13 heteroatoms. The number of aliphatic hydroxyl groups is 3. The molecule has 2 bridgehead atoms. The number of aromatic nitrogens is 1. The van der Waals surface area contributed by atoms with Gasteiger partial charge in [0.1, 0.15) is 54.3 Å². The van der Waals surface area contributed by atoms with E-state index in [1.807, 2.05) is 53.7 Å². The molecule has 1 aliphatic carbocycles. The molecule has 3 fully saturated rings. The molecule has 3 saturated heterocycles. The molecule has 4 aliphatic heterocycles. The number of hydrogen-bond acceptors (Lipinski definition) is 12. The zero-order valence-corrected chi connectivity index (χ0v) is 33.5. The second-order valence-electron chi connectivity index (χ2n) is 17.0. The molecule has 0 amide bonds. The van der Waals surface area contributed by atoms with E-state index in [1.165, 1.54) is 6.08 Å². The van der Waals surface area contributed by atoms with E-state index in [9.17, 15) is 29.7 Å². The first-order valence-corrected chi connectivity index (χ1v) is 20.0. The van der Waals surface area contributed by atoms with Crippen LogP contribution < -0.4 is 0 Å². The summed E-state index contributed by atoms with van der Waals surface area (Å²) in [7, 11) is 0. The zero-order chi connectivity index (χ0) is 40.5. The largest absolute Gasteiger partial charge is 0.462 e. The van der Waals surface area contributed by atoms with Crippen molar-refractivity contribution in [3.05, 3.63) is 71.1 Å². The molecule has 5 heterocycles. The third-order valence-corrected chi connectivity index (χ3v) is 12.0. The minimum Gasteiger partial charge on any atom is -0.462 e. The number of fused-ring (bicyclic) bond motifs is 2. The number of nitrogens with one attached hydrogen (secondary N) is 1. The van der Waals surface area contributed by atoms with Crippen molar-refractivity contribution in [1.29, 1.82) is 0 Å². The van der Waals surface area contributed by atoms with Crippen LogP contribution in [0, 0.1) is 29.6 Å². The molecular formula is C43H59NO12. The molecule has 0 aromatic carbocycles. The summed E-state index contributed by atoms with van der Waals surface area (Å²) >= 11 is 0. The second-order valence-corrected chi connectivity index (χ2v) is 17.0. The van der Waals surface area contributed by atoms with E-state index in [0.717, 1.165) is 12.0 Å². The van der Waals surface area contributed by atoms with Crippen LogP contribution in [-0.4, -0.2) is 106 Å². The van der Waals surface area contributed by atoms with Gasteiger partial charge in [-0.05, 0) is 68.2 Å². The lowest BCUT2D eigenvalue weighted by Crippen LogP contribution is -2.67. The lowest BCUT2D eigenvalue weighted by Gasteiger charge is -2.53. The van der Waals surface area contributed by atoms with E-state index in [0.29, 0.717) is 18.4 Å². The molecular weight excluding hydrogens is 722 g/mol. The summed E-state index contributed by atoms with van der Waals surface area (Å²) in [6.45, 7) is 13.3. The Morgan fingerprint density at radius 1 is 1.11 bits per heavy atom. The van der Waals surface area contributed by atoms with Crippen molar-refractivity contribution in [1.82, 2.24) is 4.98 Å². The number of H-pyrrole nitrogens is 1. The van der Waals surface area contributed by atoms with Crippen molar-refractivity contribution < 1.29 is 58.1 Å². The molecule has 56 heavy (non-hydrogen) atoms. The van der Waals surface area contributed by atoms with Crippen LogP contribution in [0.2, 0.25) is 0 Å². The van der Waals surface area contributed by atoms with Crippen LogP contribution in [-0.2, 0) is 38.0 Å². The highest BCUT2D eigenvalue weighted by Crippen LogP contribution is 2.48. The van der Waals surface area contributed by atoms with Gasteiger partial charge in [0.05, 0.1) is 24.7 Å². The van der Waals surface area contributed by atoms with Crippen molar-refractivity contribution in [3.8, 4) is 0 Å². The predicted molar refractivity (Wildman–Crippen MR) is 204 cm³/mol. The maximum Gasteiger partial charge on any atom is 0.355 e. The molecule has 13 nitrogen and oxygen atoms in total. The Bertz CT molecular complexity index is 1710. The normalized spacial score (nSPS) is 40.6. The topological polar surface area (TPSA) is 183 Å². The number of ether oxygens (including phenoxy) is 6. The van der Waals surface area contributed by atoms with Crippen LogP contribution in [0.3, 0.4) is 0 Å².